The van der Waals surface area contributed by atoms with Crippen LogP contribution in [-0.4, -0.2) is 33.7 Å². The molecule has 4 N–H and O–H groups in total. The zero-order chi connectivity index (χ0) is 14.8. The number of carbonyl (C=O) groups is 2. The molecule has 1 fully saturated rings. The van der Waals surface area contributed by atoms with Crippen LogP contribution in [0.1, 0.15) is 19.3 Å². The maximum atomic E-state index is 12.0. The second-order valence-corrected chi connectivity index (χ2v) is 5.65. The third-order valence-corrected chi connectivity index (χ3v) is 3.60. The fourth-order valence-corrected chi connectivity index (χ4v) is 2.32. The maximum Gasteiger partial charge on any atom is 0.241 e. The van der Waals surface area contributed by atoms with Crippen molar-refractivity contribution >= 4 is 17.5 Å². The van der Waals surface area contributed by atoms with Gasteiger partial charge in [0.15, 0.2) is 0 Å². The van der Waals surface area contributed by atoms with E-state index in [-0.39, 0.29) is 30.3 Å². The van der Waals surface area contributed by atoms with Gasteiger partial charge in [0.2, 0.25) is 11.8 Å². The number of nitrogens with two attached hydrogens (primary N) is 1. The van der Waals surface area contributed by atoms with Gasteiger partial charge >= 0.3 is 0 Å². The Morgan fingerprint density at radius 3 is 2.86 bits per heavy atom. The summed E-state index contributed by atoms with van der Waals surface area (Å²) in [5, 5.41) is 9.76. The van der Waals surface area contributed by atoms with Gasteiger partial charge in [-0.25, -0.2) is 0 Å². The van der Waals surface area contributed by atoms with Crippen LogP contribution in [0, 0.1) is 5.92 Å². The Bertz CT molecular complexity index is 576. The van der Waals surface area contributed by atoms with Crippen molar-refractivity contribution < 1.29 is 9.59 Å². The molecule has 2 aliphatic rings. The lowest BCUT2D eigenvalue weighted by molar-refractivity contribution is -0.122. The van der Waals surface area contributed by atoms with Crippen LogP contribution < -0.4 is 16.4 Å². The van der Waals surface area contributed by atoms with E-state index in [9.17, 15) is 9.59 Å². The van der Waals surface area contributed by atoms with E-state index in [0.717, 1.165) is 12.8 Å². The largest absolute Gasteiger partial charge is 0.352 e. The summed E-state index contributed by atoms with van der Waals surface area (Å²) in [6.45, 7) is 0.167. The van der Waals surface area contributed by atoms with E-state index in [1.807, 2.05) is 12.2 Å². The van der Waals surface area contributed by atoms with Gasteiger partial charge in [0.1, 0.15) is 6.54 Å². The summed E-state index contributed by atoms with van der Waals surface area (Å²) in [5.74, 6) is -0.342. The van der Waals surface area contributed by atoms with Crippen molar-refractivity contribution in [2.24, 2.45) is 11.7 Å². The second kappa shape index (κ2) is 5.69. The van der Waals surface area contributed by atoms with Crippen molar-refractivity contribution in [1.29, 1.82) is 0 Å². The van der Waals surface area contributed by atoms with E-state index in [2.05, 4.69) is 15.7 Å². The normalized spacial score (nSPS) is 24.0. The first-order valence-electron chi connectivity index (χ1n) is 7.17. The molecule has 0 spiro atoms. The second-order valence-electron chi connectivity index (χ2n) is 5.65. The first-order chi connectivity index (χ1) is 10.1. The number of rotatable bonds is 5. The number of aromatic nitrogens is 2. The lowest BCUT2D eigenvalue weighted by Crippen LogP contribution is -2.29. The Labute approximate surface area is 122 Å². The average Bonchev–Trinajstić information content (AvgIpc) is 2.95. The van der Waals surface area contributed by atoms with Crippen LogP contribution >= 0.6 is 0 Å². The Hall–Kier alpha value is -2.15. The molecule has 0 bridgehead atoms. The summed E-state index contributed by atoms with van der Waals surface area (Å²) >= 11 is 0. The quantitative estimate of drug-likeness (QED) is 0.664. The lowest BCUT2D eigenvalue weighted by atomic mass is 10.1. The molecular formula is C14H19N5O2. The molecular weight excluding hydrogens is 270 g/mol. The molecule has 1 aromatic rings. The van der Waals surface area contributed by atoms with Gasteiger partial charge in [0.25, 0.3) is 0 Å². The zero-order valence-electron chi connectivity index (χ0n) is 11.7. The highest BCUT2D eigenvalue weighted by Gasteiger charge is 2.24. The van der Waals surface area contributed by atoms with Crippen LogP contribution in [0.5, 0.6) is 0 Å². The molecule has 0 aromatic carbocycles. The summed E-state index contributed by atoms with van der Waals surface area (Å²) in [4.78, 5) is 23.7. The molecule has 21 heavy (non-hydrogen) atoms. The summed E-state index contributed by atoms with van der Waals surface area (Å²) in [6.07, 6.45) is 9.61. The molecule has 0 saturated heterocycles. The number of hydrogen-bond donors (Lipinski definition) is 3. The predicted molar refractivity (Wildman–Crippen MR) is 77.2 cm³/mol. The molecule has 7 nitrogen and oxygen atoms in total. The van der Waals surface area contributed by atoms with Crippen molar-refractivity contribution in [2.45, 2.75) is 37.9 Å². The summed E-state index contributed by atoms with van der Waals surface area (Å²) in [7, 11) is 0. The minimum atomic E-state index is -0.193. The van der Waals surface area contributed by atoms with E-state index < -0.39 is 0 Å². The molecule has 1 heterocycles. The van der Waals surface area contributed by atoms with Gasteiger partial charge in [-0.05, 0) is 19.3 Å². The SMILES string of the molecule is NC1C=CC(C(=O)Nc2cnn(CC(=O)NC3CC3)c2)C1. The van der Waals surface area contributed by atoms with E-state index >= 15 is 0 Å². The number of anilines is 1. The van der Waals surface area contributed by atoms with Crippen molar-refractivity contribution in [3.63, 3.8) is 0 Å². The molecule has 3 rings (SSSR count). The van der Waals surface area contributed by atoms with Gasteiger partial charge in [-0.3, -0.25) is 14.3 Å². The van der Waals surface area contributed by atoms with Gasteiger partial charge in [0, 0.05) is 18.3 Å². The molecule has 1 aromatic heterocycles. The van der Waals surface area contributed by atoms with Gasteiger partial charge < -0.3 is 16.4 Å². The topological polar surface area (TPSA) is 102 Å². The molecule has 1 saturated carbocycles. The van der Waals surface area contributed by atoms with Crippen molar-refractivity contribution in [3.05, 3.63) is 24.5 Å². The Morgan fingerprint density at radius 2 is 2.19 bits per heavy atom. The van der Waals surface area contributed by atoms with Gasteiger partial charge in [0.05, 0.1) is 17.8 Å². The Kier molecular flexibility index (Phi) is 3.74. The van der Waals surface area contributed by atoms with Crippen LogP contribution in [-0.2, 0) is 16.1 Å². The smallest absolute Gasteiger partial charge is 0.241 e. The molecule has 0 radical (unpaired) electrons. The van der Waals surface area contributed by atoms with E-state index in [1.54, 1.807) is 12.4 Å². The first-order valence-corrected chi connectivity index (χ1v) is 7.17. The first kappa shape index (κ1) is 13.8. The van der Waals surface area contributed by atoms with Crippen molar-refractivity contribution in [3.8, 4) is 0 Å². The minimum absolute atomic E-state index is 0.0467. The lowest BCUT2D eigenvalue weighted by Gasteiger charge is -2.08. The van der Waals surface area contributed by atoms with Gasteiger partial charge in [-0.2, -0.15) is 5.10 Å². The number of nitrogens with one attached hydrogen (secondary N) is 2. The molecule has 2 unspecified atom stereocenters. The standard InChI is InChI=1S/C14H19N5O2/c15-10-2-1-9(5-10)14(21)18-12-6-16-19(7-12)8-13(20)17-11-3-4-11/h1-2,6-7,9-11H,3-5,8,15H2,(H,17,20)(H,18,21). The molecule has 0 aliphatic heterocycles. The zero-order valence-corrected chi connectivity index (χ0v) is 11.7. The maximum absolute atomic E-state index is 12.0. The minimum Gasteiger partial charge on any atom is -0.352 e. The van der Waals surface area contributed by atoms with Gasteiger partial charge in [-0.1, -0.05) is 12.2 Å². The Morgan fingerprint density at radius 1 is 1.38 bits per heavy atom. The molecule has 7 heteroatoms. The predicted octanol–water partition coefficient (Wildman–Crippen LogP) is 0.00360. The van der Waals surface area contributed by atoms with E-state index in [4.69, 9.17) is 5.73 Å². The third-order valence-electron chi connectivity index (χ3n) is 3.60. The van der Waals surface area contributed by atoms with Crippen LogP contribution in [0.4, 0.5) is 5.69 Å². The van der Waals surface area contributed by atoms with E-state index in [0.29, 0.717) is 18.2 Å². The van der Waals surface area contributed by atoms with Crippen LogP contribution in [0.25, 0.3) is 0 Å². The van der Waals surface area contributed by atoms with Crippen LogP contribution in [0.15, 0.2) is 24.5 Å². The fourth-order valence-electron chi connectivity index (χ4n) is 2.32. The van der Waals surface area contributed by atoms with Crippen LogP contribution in [0.3, 0.4) is 0 Å². The molecule has 112 valence electrons. The highest BCUT2D eigenvalue weighted by atomic mass is 16.2. The summed E-state index contributed by atoms with van der Waals surface area (Å²) < 4.78 is 1.52. The number of carbonyl (C=O) groups excluding carboxylic acids is 2. The summed E-state index contributed by atoms with van der Waals surface area (Å²) in [5.41, 5.74) is 6.32. The molecule has 2 amide bonds. The summed E-state index contributed by atoms with van der Waals surface area (Å²) in [6, 6.07) is 0.292. The number of hydrogen-bond acceptors (Lipinski definition) is 4. The van der Waals surface area contributed by atoms with Crippen molar-refractivity contribution in [2.75, 3.05) is 5.32 Å². The van der Waals surface area contributed by atoms with Crippen molar-refractivity contribution in [1.82, 2.24) is 15.1 Å². The number of amides is 2. The van der Waals surface area contributed by atoms with E-state index in [1.165, 1.54) is 4.68 Å². The Balaban J connectivity index is 1.51. The molecule has 2 atom stereocenters. The fraction of sp³-hybridized carbons (Fsp3) is 0.500. The molecule has 2 aliphatic carbocycles. The third kappa shape index (κ3) is 3.69. The highest BCUT2D eigenvalue weighted by molar-refractivity contribution is 5.93. The van der Waals surface area contributed by atoms with Crippen LogP contribution in [0.2, 0.25) is 0 Å². The van der Waals surface area contributed by atoms with Gasteiger partial charge in [-0.15, -0.1) is 0 Å². The monoisotopic (exact) mass is 289 g/mol. The average molecular weight is 289 g/mol. The number of nitrogens with zero attached hydrogens (tertiary/aromatic N) is 2. The highest BCUT2D eigenvalue weighted by Crippen LogP contribution is 2.19.